The molecule has 1 fully saturated rings. The van der Waals surface area contributed by atoms with Crippen LogP contribution in [-0.2, 0) is 13.1 Å². The summed E-state index contributed by atoms with van der Waals surface area (Å²) in [4.78, 5) is 16.6. The minimum atomic E-state index is -0.339. The van der Waals surface area contributed by atoms with Gasteiger partial charge in [0.1, 0.15) is 5.82 Å². The first kappa shape index (κ1) is 20.1. The minimum absolute atomic E-state index is 0.0691. The quantitative estimate of drug-likeness (QED) is 0.598. The number of aromatic nitrogens is 1. The third-order valence-electron chi connectivity index (χ3n) is 5.54. The Bertz CT molecular complexity index is 1040. The Morgan fingerprint density at radius 2 is 1.97 bits per heavy atom. The molecular weight excluding hydrogens is 387 g/mol. The Kier molecular flexibility index (Phi) is 6.33. The summed E-state index contributed by atoms with van der Waals surface area (Å²) in [5.74, 6) is 0.385. The van der Waals surface area contributed by atoms with Crippen molar-refractivity contribution in [2.45, 2.75) is 36.9 Å². The number of benzene rings is 2. The lowest BCUT2D eigenvalue weighted by Crippen LogP contribution is -2.35. The molecule has 1 atom stereocenters. The summed E-state index contributed by atoms with van der Waals surface area (Å²) in [6.45, 7) is 2.02. The van der Waals surface area contributed by atoms with E-state index in [0.29, 0.717) is 24.2 Å². The van der Waals surface area contributed by atoms with Gasteiger partial charge in [0.15, 0.2) is 0 Å². The number of hydrogen-bond acceptors (Lipinski definition) is 4. The Balaban J connectivity index is 1.64. The van der Waals surface area contributed by atoms with Crippen molar-refractivity contribution in [1.29, 1.82) is 0 Å². The molecule has 0 spiro atoms. The molecule has 0 amide bonds. The van der Waals surface area contributed by atoms with Crippen LogP contribution < -0.4 is 5.56 Å². The summed E-state index contributed by atoms with van der Waals surface area (Å²) in [6, 6.07) is 16.7. The van der Waals surface area contributed by atoms with Crippen LogP contribution in [0, 0.1) is 5.82 Å². The second kappa shape index (κ2) is 9.11. The molecule has 1 aliphatic rings. The molecule has 1 aromatic heterocycles. The number of hydrogen-bond donors (Lipinski definition) is 1. The van der Waals surface area contributed by atoms with E-state index in [1.54, 1.807) is 22.4 Å². The van der Waals surface area contributed by atoms with Crippen molar-refractivity contribution in [3.05, 3.63) is 76.3 Å². The molecule has 1 saturated heterocycles. The highest BCUT2D eigenvalue weighted by Crippen LogP contribution is 2.22. The molecule has 4 rings (SSSR count). The van der Waals surface area contributed by atoms with Gasteiger partial charge in [0, 0.05) is 35.3 Å². The second-order valence-corrected chi connectivity index (χ2v) is 8.61. The molecule has 2 heterocycles. The van der Waals surface area contributed by atoms with Crippen LogP contribution in [0.25, 0.3) is 10.9 Å². The zero-order valence-electron chi connectivity index (χ0n) is 16.3. The van der Waals surface area contributed by atoms with Crippen molar-refractivity contribution in [3.8, 4) is 0 Å². The summed E-state index contributed by atoms with van der Waals surface area (Å²) in [5.41, 5.74) is 1.27. The average molecular weight is 413 g/mol. The first-order valence-corrected chi connectivity index (χ1v) is 11.0. The van der Waals surface area contributed by atoms with E-state index >= 15 is 0 Å². The van der Waals surface area contributed by atoms with Crippen molar-refractivity contribution in [1.82, 2.24) is 9.47 Å². The van der Waals surface area contributed by atoms with E-state index in [4.69, 9.17) is 0 Å². The molecule has 29 heavy (non-hydrogen) atoms. The van der Waals surface area contributed by atoms with Gasteiger partial charge in [-0.2, -0.15) is 0 Å². The number of fused-ring (bicyclic) bond motifs is 1. The van der Waals surface area contributed by atoms with E-state index < -0.39 is 0 Å². The SMILES string of the molecule is O=c1c(CN2CCC[C@H]2CO)cc2ccc(F)cc2n1CCSc1ccccc1. The molecule has 0 unspecified atom stereocenters. The Hall–Kier alpha value is -2.15. The van der Waals surface area contributed by atoms with E-state index in [9.17, 15) is 14.3 Å². The number of thioether (sulfide) groups is 1. The van der Waals surface area contributed by atoms with Crippen molar-refractivity contribution >= 4 is 22.7 Å². The van der Waals surface area contributed by atoms with Gasteiger partial charge < -0.3 is 9.67 Å². The normalized spacial score (nSPS) is 17.2. The van der Waals surface area contributed by atoms with Crippen molar-refractivity contribution < 1.29 is 9.50 Å². The van der Waals surface area contributed by atoms with Gasteiger partial charge >= 0.3 is 0 Å². The summed E-state index contributed by atoms with van der Waals surface area (Å²) in [7, 11) is 0. The van der Waals surface area contributed by atoms with Gasteiger partial charge in [0.25, 0.3) is 5.56 Å². The van der Waals surface area contributed by atoms with E-state index in [1.165, 1.54) is 12.1 Å². The highest BCUT2D eigenvalue weighted by Gasteiger charge is 2.25. The van der Waals surface area contributed by atoms with Gasteiger partial charge in [0.2, 0.25) is 0 Å². The fourth-order valence-corrected chi connectivity index (χ4v) is 4.90. The molecule has 4 nitrogen and oxygen atoms in total. The molecule has 152 valence electrons. The lowest BCUT2D eigenvalue weighted by Gasteiger charge is -2.23. The zero-order chi connectivity index (χ0) is 20.2. The topological polar surface area (TPSA) is 45.5 Å². The maximum absolute atomic E-state index is 13.9. The van der Waals surface area contributed by atoms with Gasteiger partial charge in [-0.15, -0.1) is 11.8 Å². The Morgan fingerprint density at radius 3 is 2.76 bits per heavy atom. The molecular formula is C23H25FN2O2S. The number of nitrogens with zero attached hydrogens (tertiary/aromatic N) is 2. The van der Waals surface area contributed by atoms with E-state index in [2.05, 4.69) is 4.90 Å². The average Bonchev–Trinajstić information content (AvgIpc) is 3.19. The summed E-state index contributed by atoms with van der Waals surface area (Å²) < 4.78 is 15.6. The van der Waals surface area contributed by atoms with Gasteiger partial charge in [-0.3, -0.25) is 9.69 Å². The van der Waals surface area contributed by atoms with Gasteiger partial charge in [-0.1, -0.05) is 18.2 Å². The highest BCUT2D eigenvalue weighted by atomic mass is 32.2. The molecule has 3 aromatic rings. The molecule has 1 N–H and O–H groups in total. The van der Waals surface area contributed by atoms with Gasteiger partial charge in [-0.25, -0.2) is 4.39 Å². The number of aliphatic hydroxyl groups excluding tert-OH is 1. The number of likely N-dealkylation sites (tertiary alicyclic amines) is 1. The standard InChI is InChI=1S/C23H25FN2O2S/c24-19-9-8-17-13-18(15-25-10-4-5-20(25)16-27)23(28)26(22(17)14-19)11-12-29-21-6-2-1-3-7-21/h1-3,6-9,13-14,20,27H,4-5,10-12,15-16H2/t20-/m0/s1. The number of aliphatic hydroxyl groups is 1. The summed E-state index contributed by atoms with van der Waals surface area (Å²) >= 11 is 1.68. The molecule has 0 saturated carbocycles. The van der Waals surface area contributed by atoms with Crippen LogP contribution in [0.2, 0.25) is 0 Å². The van der Waals surface area contributed by atoms with Crippen molar-refractivity contribution in [2.24, 2.45) is 0 Å². The van der Waals surface area contributed by atoms with E-state index in [-0.39, 0.29) is 24.0 Å². The third-order valence-corrected chi connectivity index (χ3v) is 6.54. The van der Waals surface area contributed by atoms with Crippen LogP contribution in [0.1, 0.15) is 18.4 Å². The van der Waals surface area contributed by atoms with Crippen LogP contribution in [0.3, 0.4) is 0 Å². The molecule has 6 heteroatoms. The van der Waals surface area contributed by atoms with Crippen molar-refractivity contribution in [2.75, 3.05) is 18.9 Å². The number of aryl methyl sites for hydroxylation is 1. The van der Waals surface area contributed by atoms with Crippen LogP contribution >= 0.6 is 11.8 Å². The van der Waals surface area contributed by atoms with Crippen LogP contribution in [0.15, 0.2) is 64.3 Å². The summed E-state index contributed by atoms with van der Waals surface area (Å²) in [6.07, 6.45) is 1.99. The molecule has 0 aliphatic carbocycles. The summed E-state index contributed by atoms with van der Waals surface area (Å²) in [5, 5.41) is 10.5. The number of pyridine rings is 1. The molecule has 1 aliphatic heterocycles. The van der Waals surface area contributed by atoms with Crippen LogP contribution in [-0.4, -0.2) is 39.5 Å². The number of halogens is 1. The number of rotatable bonds is 7. The van der Waals surface area contributed by atoms with Gasteiger partial charge in [-0.05, 0) is 61.2 Å². The van der Waals surface area contributed by atoms with E-state index in [1.807, 2.05) is 36.4 Å². The minimum Gasteiger partial charge on any atom is -0.395 e. The Morgan fingerprint density at radius 1 is 1.14 bits per heavy atom. The monoisotopic (exact) mass is 412 g/mol. The maximum atomic E-state index is 13.9. The largest absolute Gasteiger partial charge is 0.395 e. The van der Waals surface area contributed by atoms with Crippen LogP contribution in [0.4, 0.5) is 4.39 Å². The van der Waals surface area contributed by atoms with E-state index in [0.717, 1.165) is 35.4 Å². The predicted molar refractivity (Wildman–Crippen MR) is 116 cm³/mol. The predicted octanol–water partition coefficient (Wildman–Crippen LogP) is 3.89. The first-order chi connectivity index (χ1) is 14.2. The third kappa shape index (κ3) is 4.55. The fraction of sp³-hybridized carbons (Fsp3) is 0.348. The molecule has 0 bridgehead atoms. The maximum Gasteiger partial charge on any atom is 0.255 e. The lowest BCUT2D eigenvalue weighted by molar-refractivity contribution is 0.153. The zero-order valence-corrected chi connectivity index (χ0v) is 17.1. The Labute approximate surface area is 174 Å². The molecule has 0 radical (unpaired) electrons. The first-order valence-electron chi connectivity index (χ1n) is 10.0. The van der Waals surface area contributed by atoms with Crippen molar-refractivity contribution in [3.63, 3.8) is 0 Å². The second-order valence-electron chi connectivity index (χ2n) is 7.44. The highest BCUT2D eigenvalue weighted by molar-refractivity contribution is 7.99. The van der Waals surface area contributed by atoms with Gasteiger partial charge in [0.05, 0.1) is 12.1 Å². The smallest absolute Gasteiger partial charge is 0.255 e. The fourth-order valence-electron chi connectivity index (χ4n) is 4.04. The van der Waals surface area contributed by atoms with Crippen LogP contribution in [0.5, 0.6) is 0 Å². The molecule has 2 aromatic carbocycles. The lowest BCUT2D eigenvalue weighted by atomic mass is 10.1.